The van der Waals surface area contributed by atoms with Crippen LogP contribution in [0, 0.1) is 0 Å². The van der Waals surface area contributed by atoms with Gasteiger partial charge in [0.2, 0.25) is 0 Å². The van der Waals surface area contributed by atoms with E-state index in [1.165, 1.54) is 5.56 Å². The Hall–Kier alpha value is -2.39. The molecule has 3 rings (SSSR count). The number of rotatable bonds is 5. The fourth-order valence-electron chi connectivity index (χ4n) is 2.30. The van der Waals surface area contributed by atoms with Crippen LogP contribution in [-0.2, 0) is 6.54 Å². The summed E-state index contributed by atoms with van der Waals surface area (Å²) in [5.41, 5.74) is 3.42. The van der Waals surface area contributed by atoms with E-state index in [0.29, 0.717) is 6.04 Å². The Morgan fingerprint density at radius 3 is 2.33 bits per heavy atom. The average molecular weight is 277 g/mol. The molecule has 1 heterocycles. The highest BCUT2D eigenvalue weighted by molar-refractivity contribution is 5.30. The number of aromatic nitrogens is 2. The van der Waals surface area contributed by atoms with Gasteiger partial charge < -0.3 is 5.32 Å². The fourth-order valence-corrected chi connectivity index (χ4v) is 2.30. The molecule has 3 aromatic rings. The number of benzene rings is 2. The van der Waals surface area contributed by atoms with Gasteiger partial charge in [0.25, 0.3) is 0 Å². The Balaban J connectivity index is 1.63. The van der Waals surface area contributed by atoms with Crippen molar-refractivity contribution in [2.75, 3.05) is 0 Å². The van der Waals surface area contributed by atoms with Crippen LogP contribution in [0.3, 0.4) is 0 Å². The van der Waals surface area contributed by atoms with E-state index in [1.54, 1.807) is 0 Å². The molecule has 0 unspecified atom stereocenters. The van der Waals surface area contributed by atoms with Crippen LogP contribution in [0.1, 0.15) is 24.2 Å². The van der Waals surface area contributed by atoms with Gasteiger partial charge in [0.15, 0.2) is 0 Å². The van der Waals surface area contributed by atoms with Gasteiger partial charge in [-0.2, -0.15) is 5.10 Å². The summed E-state index contributed by atoms with van der Waals surface area (Å²) >= 11 is 0. The molecule has 106 valence electrons. The molecule has 3 heteroatoms. The third-order valence-corrected chi connectivity index (χ3v) is 3.55. The lowest BCUT2D eigenvalue weighted by Crippen LogP contribution is -2.18. The minimum absolute atomic E-state index is 0.313. The predicted octanol–water partition coefficient (Wildman–Crippen LogP) is 3.72. The third-order valence-electron chi connectivity index (χ3n) is 3.55. The number of nitrogens with zero attached hydrogens (tertiary/aromatic N) is 2. The van der Waals surface area contributed by atoms with Gasteiger partial charge in [-0.05, 0) is 30.7 Å². The highest BCUT2D eigenvalue weighted by Crippen LogP contribution is 2.12. The monoisotopic (exact) mass is 277 g/mol. The molecular weight excluding hydrogens is 258 g/mol. The number of hydrogen-bond acceptors (Lipinski definition) is 2. The molecule has 0 radical (unpaired) electrons. The molecular formula is C18H19N3. The lowest BCUT2D eigenvalue weighted by Gasteiger charge is -2.13. The molecule has 0 aliphatic carbocycles. The van der Waals surface area contributed by atoms with Gasteiger partial charge in [0.05, 0.1) is 11.4 Å². The number of para-hydroxylation sites is 1. The van der Waals surface area contributed by atoms with Gasteiger partial charge in [0, 0.05) is 18.8 Å². The van der Waals surface area contributed by atoms with Crippen LogP contribution in [0.4, 0.5) is 0 Å². The molecule has 0 saturated carbocycles. The summed E-state index contributed by atoms with van der Waals surface area (Å²) in [6.45, 7) is 2.93. The Morgan fingerprint density at radius 1 is 0.952 bits per heavy atom. The smallest absolute Gasteiger partial charge is 0.0767 e. The van der Waals surface area contributed by atoms with E-state index in [4.69, 9.17) is 0 Å². The van der Waals surface area contributed by atoms with E-state index < -0.39 is 0 Å². The minimum atomic E-state index is 0.313. The highest BCUT2D eigenvalue weighted by atomic mass is 15.3. The SMILES string of the molecule is C[C@@H](NCc1ccn(-c2ccccc2)n1)c1ccccc1. The predicted molar refractivity (Wildman–Crippen MR) is 85.3 cm³/mol. The molecule has 1 aromatic heterocycles. The van der Waals surface area contributed by atoms with Crippen molar-refractivity contribution in [1.82, 2.24) is 15.1 Å². The maximum atomic E-state index is 4.60. The first kappa shape index (κ1) is 13.6. The summed E-state index contributed by atoms with van der Waals surface area (Å²) in [5, 5.41) is 8.10. The Bertz CT molecular complexity index is 674. The lowest BCUT2D eigenvalue weighted by molar-refractivity contribution is 0.564. The van der Waals surface area contributed by atoms with E-state index in [9.17, 15) is 0 Å². The van der Waals surface area contributed by atoms with E-state index in [2.05, 4.69) is 59.8 Å². The maximum Gasteiger partial charge on any atom is 0.0767 e. The second-order valence-electron chi connectivity index (χ2n) is 5.10. The summed E-state index contributed by atoms with van der Waals surface area (Å²) in [6, 6.07) is 23.0. The van der Waals surface area contributed by atoms with Crippen molar-refractivity contribution in [3.05, 3.63) is 84.2 Å². The van der Waals surface area contributed by atoms with Crippen molar-refractivity contribution in [1.29, 1.82) is 0 Å². The minimum Gasteiger partial charge on any atom is -0.304 e. The Morgan fingerprint density at radius 2 is 1.62 bits per heavy atom. The molecule has 0 bridgehead atoms. The van der Waals surface area contributed by atoms with E-state index >= 15 is 0 Å². The highest BCUT2D eigenvalue weighted by Gasteiger charge is 2.06. The van der Waals surface area contributed by atoms with Crippen molar-refractivity contribution >= 4 is 0 Å². The lowest BCUT2D eigenvalue weighted by atomic mass is 10.1. The standard InChI is InChI=1S/C18H19N3/c1-15(16-8-4-2-5-9-16)19-14-17-12-13-21(20-17)18-10-6-3-7-11-18/h2-13,15,19H,14H2,1H3/t15-/m1/s1. The van der Waals surface area contributed by atoms with Crippen LogP contribution in [0.2, 0.25) is 0 Å². The van der Waals surface area contributed by atoms with Gasteiger partial charge in [-0.1, -0.05) is 48.5 Å². The Labute approximate surface area is 125 Å². The molecule has 1 atom stereocenters. The molecule has 0 fully saturated rings. The topological polar surface area (TPSA) is 29.9 Å². The zero-order valence-electron chi connectivity index (χ0n) is 12.1. The first-order valence-corrected chi connectivity index (χ1v) is 7.21. The van der Waals surface area contributed by atoms with Crippen molar-refractivity contribution in [3.8, 4) is 5.69 Å². The van der Waals surface area contributed by atoms with Gasteiger partial charge >= 0.3 is 0 Å². The normalized spacial score (nSPS) is 12.2. The number of nitrogens with one attached hydrogen (secondary N) is 1. The van der Waals surface area contributed by atoms with Crippen molar-refractivity contribution in [2.24, 2.45) is 0 Å². The zero-order chi connectivity index (χ0) is 14.5. The summed E-state index contributed by atoms with van der Waals surface area (Å²) in [7, 11) is 0. The van der Waals surface area contributed by atoms with Crippen LogP contribution < -0.4 is 5.32 Å². The van der Waals surface area contributed by atoms with Gasteiger partial charge in [-0.3, -0.25) is 0 Å². The first-order valence-electron chi connectivity index (χ1n) is 7.21. The van der Waals surface area contributed by atoms with Crippen molar-refractivity contribution < 1.29 is 0 Å². The van der Waals surface area contributed by atoms with Crippen LogP contribution in [-0.4, -0.2) is 9.78 Å². The summed E-state index contributed by atoms with van der Waals surface area (Å²) < 4.78 is 1.91. The molecule has 3 nitrogen and oxygen atoms in total. The summed E-state index contributed by atoms with van der Waals surface area (Å²) in [6.07, 6.45) is 2.00. The van der Waals surface area contributed by atoms with Crippen LogP contribution in [0.15, 0.2) is 72.9 Å². The van der Waals surface area contributed by atoms with Gasteiger partial charge in [-0.25, -0.2) is 4.68 Å². The molecule has 0 amide bonds. The van der Waals surface area contributed by atoms with Crippen LogP contribution in [0.5, 0.6) is 0 Å². The van der Waals surface area contributed by atoms with E-state index in [0.717, 1.165) is 17.9 Å². The van der Waals surface area contributed by atoms with Crippen LogP contribution >= 0.6 is 0 Å². The molecule has 0 spiro atoms. The van der Waals surface area contributed by atoms with Crippen molar-refractivity contribution in [3.63, 3.8) is 0 Å². The molecule has 1 N–H and O–H groups in total. The summed E-state index contributed by atoms with van der Waals surface area (Å²) in [4.78, 5) is 0. The maximum absolute atomic E-state index is 4.60. The Kier molecular flexibility index (Phi) is 4.12. The first-order chi connectivity index (χ1) is 10.3. The van der Waals surface area contributed by atoms with Crippen molar-refractivity contribution in [2.45, 2.75) is 19.5 Å². The molecule has 0 saturated heterocycles. The quantitative estimate of drug-likeness (QED) is 0.770. The van der Waals surface area contributed by atoms with E-state index in [1.807, 2.05) is 35.1 Å². The third kappa shape index (κ3) is 3.38. The molecule has 0 aliphatic rings. The number of hydrogen-bond donors (Lipinski definition) is 1. The second kappa shape index (κ2) is 6.37. The van der Waals surface area contributed by atoms with Crippen LogP contribution in [0.25, 0.3) is 5.69 Å². The second-order valence-corrected chi connectivity index (χ2v) is 5.10. The zero-order valence-corrected chi connectivity index (χ0v) is 12.1. The van der Waals surface area contributed by atoms with E-state index in [-0.39, 0.29) is 0 Å². The fraction of sp³-hybridized carbons (Fsp3) is 0.167. The van der Waals surface area contributed by atoms with Gasteiger partial charge in [0.1, 0.15) is 0 Å². The summed E-state index contributed by atoms with van der Waals surface area (Å²) in [5.74, 6) is 0. The molecule has 0 aliphatic heterocycles. The largest absolute Gasteiger partial charge is 0.304 e. The molecule has 2 aromatic carbocycles. The average Bonchev–Trinajstić information content (AvgIpc) is 3.03. The molecule has 21 heavy (non-hydrogen) atoms. The van der Waals surface area contributed by atoms with Gasteiger partial charge in [-0.15, -0.1) is 0 Å².